The summed E-state index contributed by atoms with van der Waals surface area (Å²) in [6, 6.07) is 4.07. The Balaban J connectivity index is 1.99. The van der Waals surface area contributed by atoms with Gasteiger partial charge in [-0.2, -0.15) is 0 Å². The van der Waals surface area contributed by atoms with Crippen LogP contribution in [0.3, 0.4) is 0 Å². The lowest BCUT2D eigenvalue weighted by Crippen LogP contribution is -1.99. The average molecular weight is 284 g/mol. The third-order valence-electron chi connectivity index (χ3n) is 1.88. The van der Waals surface area contributed by atoms with Gasteiger partial charge in [0.2, 0.25) is 0 Å². The van der Waals surface area contributed by atoms with Gasteiger partial charge in [-0.3, -0.25) is 4.98 Å². The van der Waals surface area contributed by atoms with Crippen LogP contribution in [0.4, 0.5) is 5.13 Å². The van der Waals surface area contributed by atoms with Crippen molar-refractivity contribution in [3.8, 4) is 0 Å². The van der Waals surface area contributed by atoms with E-state index < -0.39 is 0 Å². The third-order valence-corrected chi connectivity index (χ3v) is 3.39. The first-order valence-electron chi connectivity index (χ1n) is 4.50. The van der Waals surface area contributed by atoms with E-state index in [1.807, 2.05) is 24.6 Å². The summed E-state index contributed by atoms with van der Waals surface area (Å²) in [4.78, 5) is 8.41. The monoisotopic (exact) mass is 283 g/mol. The molecule has 15 heavy (non-hydrogen) atoms. The number of nitrogens with zero attached hydrogens (tertiary/aromatic N) is 2. The van der Waals surface area contributed by atoms with Crippen molar-refractivity contribution in [2.45, 2.75) is 13.5 Å². The molecule has 0 aliphatic heterocycles. The molecule has 0 fully saturated rings. The summed E-state index contributed by atoms with van der Waals surface area (Å²) < 4.78 is 0.876. The van der Waals surface area contributed by atoms with Gasteiger partial charge < -0.3 is 5.32 Å². The molecule has 0 saturated carbocycles. The summed E-state index contributed by atoms with van der Waals surface area (Å²) in [5.41, 5.74) is 2.25. The maximum Gasteiger partial charge on any atom is 0.184 e. The van der Waals surface area contributed by atoms with Gasteiger partial charge in [-0.05, 0) is 40.5 Å². The fourth-order valence-electron chi connectivity index (χ4n) is 1.23. The zero-order valence-electron chi connectivity index (χ0n) is 8.20. The smallest absolute Gasteiger partial charge is 0.184 e. The molecule has 0 bridgehead atoms. The fourth-order valence-corrected chi connectivity index (χ4v) is 2.37. The van der Waals surface area contributed by atoms with Crippen molar-refractivity contribution in [3.05, 3.63) is 39.6 Å². The highest BCUT2D eigenvalue weighted by Gasteiger charge is 1.99. The molecule has 0 unspecified atom stereocenters. The molecule has 0 aliphatic carbocycles. The highest BCUT2D eigenvalue weighted by Crippen LogP contribution is 2.19. The van der Waals surface area contributed by atoms with Gasteiger partial charge in [0.25, 0.3) is 0 Å². The molecule has 0 aliphatic rings. The lowest BCUT2D eigenvalue weighted by atomic mass is 10.2. The van der Waals surface area contributed by atoms with Crippen molar-refractivity contribution < 1.29 is 0 Å². The second-order valence-electron chi connectivity index (χ2n) is 3.13. The zero-order valence-corrected chi connectivity index (χ0v) is 10.6. The number of aryl methyl sites for hydroxylation is 1. The Bertz CT molecular complexity index is 455. The lowest BCUT2D eigenvalue weighted by molar-refractivity contribution is 1.09. The summed E-state index contributed by atoms with van der Waals surface area (Å²) in [5.74, 6) is 0. The highest BCUT2D eigenvalue weighted by atomic mass is 79.9. The number of rotatable bonds is 3. The number of hydrogen-bond acceptors (Lipinski definition) is 4. The van der Waals surface area contributed by atoms with Crippen LogP contribution in [-0.4, -0.2) is 9.97 Å². The van der Waals surface area contributed by atoms with Crippen molar-refractivity contribution in [3.63, 3.8) is 0 Å². The van der Waals surface area contributed by atoms with Crippen molar-refractivity contribution >= 4 is 32.4 Å². The van der Waals surface area contributed by atoms with Gasteiger partial charge in [0, 0.05) is 23.8 Å². The van der Waals surface area contributed by atoms with E-state index in [1.54, 1.807) is 11.3 Å². The number of halogens is 1. The van der Waals surface area contributed by atoms with Crippen LogP contribution in [0.15, 0.2) is 28.3 Å². The first-order chi connectivity index (χ1) is 7.24. The van der Waals surface area contributed by atoms with E-state index >= 15 is 0 Å². The summed E-state index contributed by atoms with van der Waals surface area (Å²) in [6.07, 6.45) is 1.82. The Hall–Kier alpha value is -0.940. The quantitative estimate of drug-likeness (QED) is 0.940. The van der Waals surface area contributed by atoms with Crippen LogP contribution in [0.1, 0.15) is 11.3 Å². The Morgan fingerprint density at radius 1 is 1.53 bits per heavy atom. The maximum atomic E-state index is 4.26. The van der Waals surface area contributed by atoms with E-state index in [0.29, 0.717) is 0 Å². The molecule has 78 valence electrons. The van der Waals surface area contributed by atoms with Gasteiger partial charge in [0.15, 0.2) is 5.13 Å². The second-order valence-corrected chi connectivity index (χ2v) is 4.80. The van der Waals surface area contributed by atoms with Gasteiger partial charge in [-0.15, -0.1) is 11.3 Å². The van der Waals surface area contributed by atoms with Crippen molar-refractivity contribution in [2.24, 2.45) is 0 Å². The molecule has 0 amide bonds. The summed E-state index contributed by atoms with van der Waals surface area (Å²) in [5, 5.41) is 6.14. The minimum Gasteiger partial charge on any atom is -0.357 e. The van der Waals surface area contributed by atoms with Gasteiger partial charge in [-0.25, -0.2) is 4.98 Å². The Morgan fingerprint density at radius 2 is 2.40 bits per heavy atom. The lowest BCUT2D eigenvalue weighted by Gasteiger charge is -2.02. The van der Waals surface area contributed by atoms with Crippen LogP contribution in [0, 0.1) is 6.92 Å². The minimum absolute atomic E-state index is 0.781. The summed E-state index contributed by atoms with van der Waals surface area (Å²) >= 11 is 4.91. The Kier molecular flexibility index (Phi) is 3.33. The number of thiazole rings is 1. The predicted octanol–water partition coefficient (Wildman–Crippen LogP) is 3.22. The second kappa shape index (κ2) is 4.72. The molecule has 2 aromatic rings. The molecule has 0 spiro atoms. The molecule has 2 heterocycles. The SMILES string of the molecule is Cc1cc(CNc2nc(Br)cs2)ccn1. The molecule has 2 rings (SSSR count). The topological polar surface area (TPSA) is 37.8 Å². The molecule has 0 saturated heterocycles. The van der Waals surface area contributed by atoms with Crippen molar-refractivity contribution in [2.75, 3.05) is 5.32 Å². The van der Waals surface area contributed by atoms with Gasteiger partial charge in [0.05, 0.1) is 0 Å². The molecule has 0 radical (unpaired) electrons. The molecule has 0 aromatic carbocycles. The fraction of sp³-hybridized carbons (Fsp3) is 0.200. The number of pyridine rings is 1. The first kappa shape index (κ1) is 10.6. The Labute approximate surface area is 101 Å². The largest absolute Gasteiger partial charge is 0.357 e. The Morgan fingerprint density at radius 3 is 3.07 bits per heavy atom. The van der Waals surface area contributed by atoms with E-state index in [9.17, 15) is 0 Å². The van der Waals surface area contributed by atoms with Gasteiger partial charge in [0.1, 0.15) is 4.60 Å². The van der Waals surface area contributed by atoms with Gasteiger partial charge >= 0.3 is 0 Å². The highest BCUT2D eigenvalue weighted by molar-refractivity contribution is 9.10. The van der Waals surface area contributed by atoms with Gasteiger partial charge in [-0.1, -0.05) is 0 Å². The first-order valence-corrected chi connectivity index (χ1v) is 6.18. The number of aromatic nitrogens is 2. The molecule has 1 N–H and O–H groups in total. The van der Waals surface area contributed by atoms with Crippen molar-refractivity contribution in [1.29, 1.82) is 0 Å². The number of hydrogen-bond donors (Lipinski definition) is 1. The van der Waals surface area contributed by atoms with E-state index in [4.69, 9.17) is 0 Å². The van der Waals surface area contributed by atoms with Crippen LogP contribution < -0.4 is 5.32 Å². The molecular weight excluding hydrogens is 274 g/mol. The standard InChI is InChI=1S/C10H10BrN3S/c1-7-4-8(2-3-12-7)5-13-10-14-9(11)6-15-10/h2-4,6H,5H2,1H3,(H,13,14). The number of nitrogens with one attached hydrogen (secondary N) is 1. The summed E-state index contributed by atoms with van der Waals surface area (Å²) in [6.45, 7) is 2.77. The van der Waals surface area contributed by atoms with Crippen LogP contribution in [0.5, 0.6) is 0 Å². The molecular formula is C10H10BrN3S. The molecule has 5 heteroatoms. The zero-order chi connectivity index (χ0) is 10.7. The third kappa shape index (κ3) is 3.00. The van der Waals surface area contributed by atoms with E-state index in [1.165, 1.54) is 5.56 Å². The van der Waals surface area contributed by atoms with Crippen LogP contribution in [0.2, 0.25) is 0 Å². The predicted molar refractivity (Wildman–Crippen MR) is 66.1 cm³/mol. The maximum absolute atomic E-state index is 4.26. The molecule has 2 aromatic heterocycles. The normalized spacial score (nSPS) is 10.3. The molecule has 3 nitrogen and oxygen atoms in total. The minimum atomic E-state index is 0.781. The van der Waals surface area contributed by atoms with Crippen molar-refractivity contribution in [1.82, 2.24) is 9.97 Å². The van der Waals surface area contributed by atoms with E-state index in [0.717, 1.165) is 22.0 Å². The summed E-state index contributed by atoms with van der Waals surface area (Å²) in [7, 11) is 0. The van der Waals surface area contributed by atoms with E-state index in [-0.39, 0.29) is 0 Å². The van der Waals surface area contributed by atoms with Crippen LogP contribution in [0.25, 0.3) is 0 Å². The number of anilines is 1. The average Bonchev–Trinajstić information content (AvgIpc) is 2.62. The van der Waals surface area contributed by atoms with E-state index in [2.05, 4.69) is 37.3 Å². The van der Waals surface area contributed by atoms with Crippen LogP contribution >= 0.6 is 27.3 Å². The molecule has 0 atom stereocenters. The van der Waals surface area contributed by atoms with Crippen LogP contribution in [-0.2, 0) is 6.54 Å².